The molecule has 0 saturated carbocycles. The predicted molar refractivity (Wildman–Crippen MR) is 85.9 cm³/mol. The van der Waals surface area contributed by atoms with Gasteiger partial charge in [-0.1, -0.05) is 18.2 Å². The first kappa shape index (κ1) is 14.1. The van der Waals surface area contributed by atoms with Gasteiger partial charge >= 0.3 is 0 Å². The Morgan fingerprint density at radius 1 is 1.27 bits per heavy atom. The molecule has 22 heavy (non-hydrogen) atoms. The van der Waals surface area contributed by atoms with Crippen molar-refractivity contribution in [2.45, 2.75) is 19.9 Å². The van der Waals surface area contributed by atoms with Gasteiger partial charge in [-0.2, -0.15) is 0 Å². The lowest BCUT2D eigenvalue weighted by molar-refractivity contribution is -0.118. The average Bonchev–Trinajstić information content (AvgIpc) is 2.93. The predicted octanol–water partition coefficient (Wildman–Crippen LogP) is 3.25. The second kappa shape index (κ2) is 5.52. The Hall–Kier alpha value is -2.82. The molecule has 0 aliphatic heterocycles. The van der Waals surface area contributed by atoms with Crippen LogP contribution in [0.15, 0.2) is 48.8 Å². The van der Waals surface area contributed by atoms with Crippen LogP contribution in [0, 0.1) is 6.92 Å². The summed E-state index contributed by atoms with van der Waals surface area (Å²) in [7, 11) is 0. The highest BCUT2D eigenvalue weighted by Gasteiger charge is 2.18. The second-order valence-corrected chi connectivity index (χ2v) is 5.33. The van der Waals surface area contributed by atoms with Gasteiger partial charge in [0.15, 0.2) is 0 Å². The number of amides is 1. The summed E-state index contributed by atoms with van der Waals surface area (Å²) >= 11 is 0. The Morgan fingerprint density at radius 3 is 2.82 bits per heavy atom. The largest absolute Gasteiger partial charge is 0.506 e. The number of aromatic hydroxyl groups is 1. The molecule has 5 heteroatoms. The van der Waals surface area contributed by atoms with Crippen molar-refractivity contribution in [2.75, 3.05) is 5.32 Å². The molecule has 3 aromatic rings. The van der Waals surface area contributed by atoms with Gasteiger partial charge in [0, 0.05) is 0 Å². The number of benzene rings is 2. The molecule has 0 radical (unpaired) electrons. The Morgan fingerprint density at radius 2 is 2.05 bits per heavy atom. The Bertz CT molecular complexity index is 839. The maximum Gasteiger partial charge on any atom is 0.247 e. The number of nitrogens with one attached hydrogen (secondary N) is 1. The highest BCUT2D eigenvalue weighted by molar-refractivity contribution is 5.95. The van der Waals surface area contributed by atoms with Gasteiger partial charge in [-0.25, -0.2) is 4.98 Å². The van der Waals surface area contributed by atoms with Crippen LogP contribution in [-0.4, -0.2) is 20.6 Å². The minimum absolute atomic E-state index is 0.0658. The number of aryl methyl sites for hydroxylation is 1. The molecule has 1 heterocycles. The lowest BCUT2D eigenvalue weighted by atomic mass is 10.2. The fourth-order valence-corrected chi connectivity index (χ4v) is 2.40. The molecule has 1 aromatic heterocycles. The van der Waals surface area contributed by atoms with Gasteiger partial charge in [-0.15, -0.1) is 0 Å². The van der Waals surface area contributed by atoms with Crippen molar-refractivity contribution >= 4 is 22.6 Å². The lowest BCUT2D eigenvalue weighted by Crippen LogP contribution is -2.23. The quantitative estimate of drug-likeness (QED) is 0.729. The molecule has 2 aromatic carbocycles. The number of carbonyl (C=O) groups is 1. The number of phenolic OH excluding ortho intramolecular Hbond substituents is 1. The van der Waals surface area contributed by atoms with Crippen LogP contribution in [0.3, 0.4) is 0 Å². The summed E-state index contributed by atoms with van der Waals surface area (Å²) in [5, 5.41) is 12.6. The fourth-order valence-electron chi connectivity index (χ4n) is 2.40. The molecule has 5 nitrogen and oxygen atoms in total. The molecule has 0 fully saturated rings. The van der Waals surface area contributed by atoms with Gasteiger partial charge in [-0.05, 0) is 43.7 Å². The van der Waals surface area contributed by atoms with Gasteiger partial charge in [0.1, 0.15) is 11.8 Å². The highest BCUT2D eigenvalue weighted by atomic mass is 16.3. The fraction of sp³-hybridized carbons (Fsp3) is 0.176. The third-order valence-electron chi connectivity index (χ3n) is 3.69. The Labute approximate surface area is 128 Å². The molecule has 1 atom stereocenters. The van der Waals surface area contributed by atoms with Crippen molar-refractivity contribution in [1.82, 2.24) is 9.55 Å². The van der Waals surface area contributed by atoms with E-state index in [1.54, 1.807) is 25.4 Å². The molecule has 0 spiro atoms. The highest BCUT2D eigenvalue weighted by Crippen LogP contribution is 2.25. The van der Waals surface area contributed by atoms with E-state index in [1.165, 1.54) is 0 Å². The van der Waals surface area contributed by atoms with E-state index in [2.05, 4.69) is 10.3 Å². The number of para-hydroxylation sites is 2. The standard InChI is InChI=1S/C17H17N3O2/c1-11-7-8-14(16(21)9-11)19-17(22)12(2)20-10-18-13-5-3-4-6-15(13)20/h3-10,12,21H,1-2H3,(H,19,22)/t12-/m1/s1. The monoisotopic (exact) mass is 295 g/mol. The molecule has 0 saturated heterocycles. The van der Waals surface area contributed by atoms with Crippen molar-refractivity contribution in [2.24, 2.45) is 0 Å². The minimum Gasteiger partial charge on any atom is -0.506 e. The van der Waals surface area contributed by atoms with Crippen LogP contribution in [0.5, 0.6) is 5.75 Å². The molecule has 2 N–H and O–H groups in total. The first-order valence-corrected chi connectivity index (χ1v) is 7.08. The van der Waals surface area contributed by atoms with Crippen LogP contribution in [0.4, 0.5) is 5.69 Å². The SMILES string of the molecule is Cc1ccc(NC(=O)[C@@H](C)n2cnc3ccccc32)c(O)c1. The summed E-state index contributed by atoms with van der Waals surface area (Å²) in [4.78, 5) is 16.7. The maximum atomic E-state index is 12.4. The molecule has 1 amide bonds. The van der Waals surface area contributed by atoms with Crippen LogP contribution in [-0.2, 0) is 4.79 Å². The Balaban J connectivity index is 1.85. The molecular weight excluding hydrogens is 278 g/mol. The number of fused-ring (bicyclic) bond motifs is 1. The number of carbonyl (C=O) groups excluding carboxylic acids is 1. The summed E-state index contributed by atoms with van der Waals surface area (Å²) in [5.74, 6) is -0.140. The summed E-state index contributed by atoms with van der Waals surface area (Å²) < 4.78 is 1.82. The molecule has 0 bridgehead atoms. The summed E-state index contributed by atoms with van der Waals surface area (Å²) in [5.41, 5.74) is 3.09. The zero-order chi connectivity index (χ0) is 15.7. The van der Waals surface area contributed by atoms with Crippen molar-refractivity contribution in [1.29, 1.82) is 0 Å². The van der Waals surface area contributed by atoms with Crippen molar-refractivity contribution < 1.29 is 9.90 Å². The zero-order valence-corrected chi connectivity index (χ0v) is 12.4. The normalized spacial score (nSPS) is 12.3. The van der Waals surface area contributed by atoms with E-state index in [-0.39, 0.29) is 11.7 Å². The van der Waals surface area contributed by atoms with E-state index in [9.17, 15) is 9.90 Å². The van der Waals surface area contributed by atoms with Gasteiger partial charge in [0.2, 0.25) is 5.91 Å². The number of rotatable bonds is 3. The topological polar surface area (TPSA) is 67.2 Å². The van der Waals surface area contributed by atoms with Crippen molar-refractivity contribution in [3.8, 4) is 5.75 Å². The summed E-state index contributed by atoms with van der Waals surface area (Å²) in [6.45, 7) is 3.68. The van der Waals surface area contributed by atoms with Crippen molar-refractivity contribution in [3.63, 3.8) is 0 Å². The van der Waals surface area contributed by atoms with Gasteiger partial charge < -0.3 is 15.0 Å². The van der Waals surface area contributed by atoms with E-state index in [0.29, 0.717) is 5.69 Å². The first-order valence-electron chi connectivity index (χ1n) is 7.08. The number of nitrogens with zero attached hydrogens (tertiary/aromatic N) is 2. The van der Waals surface area contributed by atoms with Gasteiger partial charge in [0.25, 0.3) is 0 Å². The number of phenols is 1. The second-order valence-electron chi connectivity index (χ2n) is 5.33. The lowest BCUT2D eigenvalue weighted by Gasteiger charge is -2.15. The minimum atomic E-state index is -0.437. The number of hydrogen-bond acceptors (Lipinski definition) is 3. The van der Waals surface area contributed by atoms with E-state index < -0.39 is 6.04 Å². The molecule has 112 valence electrons. The van der Waals surface area contributed by atoms with Crippen LogP contribution in [0.1, 0.15) is 18.5 Å². The molecule has 0 unspecified atom stereocenters. The first-order chi connectivity index (χ1) is 10.6. The van der Waals surface area contributed by atoms with E-state index in [1.807, 2.05) is 41.8 Å². The van der Waals surface area contributed by atoms with Gasteiger partial charge in [-0.3, -0.25) is 4.79 Å². The van der Waals surface area contributed by atoms with E-state index in [4.69, 9.17) is 0 Å². The molecule has 0 aliphatic carbocycles. The van der Waals surface area contributed by atoms with Crippen LogP contribution >= 0.6 is 0 Å². The number of aromatic nitrogens is 2. The van der Waals surface area contributed by atoms with Crippen LogP contribution in [0.2, 0.25) is 0 Å². The Kier molecular flexibility index (Phi) is 3.55. The average molecular weight is 295 g/mol. The number of imidazole rings is 1. The smallest absolute Gasteiger partial charge is 0.247 e. The molecule has 0 aliphatic rings. The van der Waals surface area contributed by atoms with Gasteiger partial charge in [0.05, 0.1) is 23.0 Å². The molecule has 3 rings (SSSR count). The summed E-state index contributed by atoms with van der Waals surface area (Å²) in [6, 6.07) is 12.4. The zero-order valence-electron chi connectivity index (χ0n) is 12.4. The molecular formula is C17H17N3O2. The number of hydrogen-bond donors (Lipinski definition) is 2. The van der Waals surface area contributed by atoms with Crippen LogP contribution < -0.4 is 5.32 Å². The summed E-state index contributed by atoms with van der Waals surface area (Å²) in [6.07, 6.45) is 1.66. The van der Waals surface area contributed by atoms with E-state index >= 15 is 0 Å². The maximum absolute atomic E-state index is 12.4. The number of anilines is 1. The van der Waals surface area contributed by atoms with E-state index in [0.717, 1.165) is 16.6 Å². The third-order valence-corrected chi connectivity index (χ3v) is 3.69. The van der Waals surface area contributed by atoms with Crippen LogP contribution in [0.25, 0.3) is 11.0 Å². The van der Waals surface area contributed by atoms with Crippen molar-refractivity contribution in [3.05, 3.63) is 54.4 Å². The third kappa shape index (κ3) is 2.53.